The van der Waals surface area contributed by atoms with Crippen molar-refractivity contribution in [2.75, 3.05) is 0 Å². The molecule has 0 saturated heterocycles. The maximum Gasteiger partial charge on any atom is 0.0991 e. The lowest BCUT2D eigenvalue weighted by Crippen LogP contribution is -1.88. The third-order valence-electron chi connectivity index (χ3n) is 2.01. The molecule has 14 heavy (non-hydrogen) atoms. The highest BCUT2D eigenvalue weighted by Gasteiger charge is 1.99. The van der Waals surface area contributed by atoms with Crippen LogP contribution in [-0.2, 0) is 0 Å². The Balaban J connectivity index is 3.16. The quantitative estimate of drug-likeness (QED) is 0.705. The molecule has 1 rings (SSSR count). The zero-order chi connectivity index (χ0) is 10.6. The molecule has 1 aromatic rings. The van der Waals surface area contributed by atoms with E-state index < -0.39 is 0 Å². The number of hydrogen-bond donors (Lipinski definition) is 1. The Labute approximate surface area is 84.0 Å². The van der Waals surface area contributed by atoms with Crippen LogP contribution in [0.3, 0.4) is 0 Å². The number of benzene rings is 1. The Morgan fingerprint density at radius 2 is 1.86 bits per heavy atom. The lowest BCUT2D eigenvalue weighted by atomic mass is 10.0. The molecule has 0 aromatic heterocycles. The molecular weight excluding hydrogens is 172 g/mol. The molecule has 1 N–H and O–H groups in total. The minimum Gasteiger partial charge on any atom is -0.308 e. The molecular formula is C12H12N2. The van der Waals surface area contributed by atoms with Crippen molar-refractivity contribution in [2.45, 2.75) is 13.8 Å². The summed E-state index contributed by atoms with van der Waals surface area (Å²) in [5.74, 6) is 0. The Kier molecular flexibility index (Phi) is 3.19. The second-order valence-corrected chi connectivity index (χ2v) is 3.25. The highest BCUT2D eigenvalue weighted by atomic mass is 14.3. The summed E-state index contributed by atoms with van der Waals surface area (Å²) in [5.41, 5.74) is 3.64. The molecule has 0 unspecified atom stereocenters. The van der Waals surface area contributed by atoms with Gasteiger partial charge in [-0.1, -0.05) is 17.7 Å². The van der Waals surface area contributed by atoms with Crippen LogP contribution < -0.4 is 0 Å². The van der Waals surface area contributed by atoms with Gasteiger partial charge >= 0.3 is 0 Å². The summed E-state index contributed by atoms with van der Waals surface area (Å²) in [4.78, 5) is 0. The predicted octanol–water partition coefficient (Wildman–Crippen LogP) is 3.00. The van der Waals surface area contributed by atoms with Crippen LogP contribution in [0.25, 0.3) is 5.57 Å². The van der Waals surface area contributed by atoms with Crippen molar-refractivity contribution in [3.8, 4) is 6.07 Å². The molecule has 0 saturated carbocycles. The van der Waals surface area contributed by atoms with Crippen LogP contribution in [-0.4, -0.2) is 6.21 Å². The van der Waals surface area contributed by atoms with E-state index in [-0.39, 0.29) is 0 Å². The van der Waals surface area contributed by atoms with E-state index in [4.69, 9.17) is 10.7 Å². The standard InChI is InChI=1S/C12H12N2/c1-9(2)12(8-14)11-5-3-10(7-13)4-6-11/h3-6,8,14H,1-2H3. The van der Waals surface area contributed by atoms with Crippen molar-refractivity contribution in [1.29, 1.82) is 10.7 Å². The van der Waals surface area contributed by atoms with E-state index in [1.54, 1.807) is 12.1 Å². The maximum absolute atomic E-state index is 8.63. The van der Waals surface area contributed by atoms with E-state index >= 15 is 0 Å². The summed E-state index contributed by atoms with van der Waals surface area (Å²) < 4.78 is 0. The first kappa shape index (κ1) is 10.2. The summed E-state index contributed by atoms with van der Waals surface area (Å²) >= 11 is 0. The summed E-state index contributed by atoms with van der Waals surface area (Å²) in [6.07, 6.45) is 1.34. The molecule has 2 nitrogen and oxygen atoms in total. The number of nitriles is 1. The van der Waals surface area contributed by atoms with Crippen molar-refractivity contribution >= 4 is 11.8 Å². The van der Waals surface area contributed by atoms with Crippen molar-refractivity contribution in [1.82, 2.24) is 0 Å². The number of nitrogens with one attached hydrogen (secondary N) is 1. The van der Waals surface area contributed by atoms with Gasteiger partial charge in [-0.2, -0.15) is 5.26 Å². The molecule has 2 heteroatoms. The normalized spacial score (nSPS) is 8.93. The van der Waals surface area contributed by atoms with Gasteiger partial charge in [-0.15, -0.1) is 0 Å². The Bertz CT molecular complexity index is 401. The van der Waals surface area contributed by atoms with Gasteiger partial charge in [0.15, 0.2) is 0 Å². The fraction of sp³-hybridized carbons (Fsp3) is 0.167. The van der Waals surface area contributed by atoms with Crippen LogP contribution in [0.1, 0.15) is 25.0 Å². The Hall–Kier alpha value is -1.88. The largest absolute Gasteiger partial charge is 0.308 e. The van der Waals surface area contributed by atoms with Gasteiger partial charge in [-0.3, -0.25) is 0 Å². The second-order valence-electron chi connectivity index (χ2n) is 3.25. The minimum atomic E-state index is 0.645. The third kappa shape index (κ3) is 2.08. The number of rotatable bonds is 2. The lowest BCUT2D eigenvalue weighted by molar-refractivity contribution is 1.39. The van der Waals surface area contributed by atoms with Gasteiger partial charge in [0.05, 0.1) is 11.6 Å². The first-order valence-electron chi connectivity index (χ1n) is 4.37. The average molecular weight is 184 g/mol. The predicted molar refractivity (Wildman–Crippen MR) is 58.2 cm³/mol. The minimum absolute atomic E-state index is 0.645. The molecule has 0 fully saturated rings. The lowest BCUT2D eigenvalue weighted by Gasteiger charge is -2.03. The number of allylic oxidation sites excluding steroid dienone is 2. The van der Waals surface area contributed by atoms with Gasteiger partial charge in [0.25, 0.3) is 0 Å². The molecule has 0 atom stereocenters. The van der Waals surface area contributed by atoms with Crippen LogP contribution in [0.5, 0.6) is 0 Å². The van der Waals surface area contributed by atoms with E-state index in [0.717, 1.165) is 16.7 Å². The van der Waals surface area contributed by atoms with Gasteiger partial charge in [0.2, 0.25) is 0 Å². The molecule has 70 valence electrons. The Morgan fingerprint density at radius 3 is 2.21 bits per heavy atom. The highest BCUT2D eigenvalue weighted by Crippen LogP contribution is 2.16. The number of hydrogen-bond acceptors (Lipinski definition) is 2. The molecule has 0 aliphatic carbocycles. The van der Waals surface area contributed by atoms with Crippen LogP contribution in [0.15, 0.2) is 29.8 Å². The summed E-state index contributed by atoms with van der Waals surface area (Å²) in [6.45, 7) is 3.94. The van der Waals surface area contributed by atoms with Gasteiger partial charge in [0, 0.05) is 6.21 Å². The average Bonchev–Trinajstić information content (AvgIpc) is 2.19. The smallest absolute Gasteiger partial charge is 0.0991 e. The molecule has 0 aliphatic heterocycles. The Morgan fingerprint density at radius 1 is 1.29 bits per heavy atom. The molecule has 0 radical (unpaired) electrons. The molecule has 0 bridgehead atoms. The molecule has 0 heterocycles. The fourth-order valence-corrected chi connectivity index (χ4v) is 1.24. The van der Waals surface area contributed by atoms with Crippen LogP contribution in [0, 0.1) is 16.7 Å². The van der Waals surface area contributed by atoms with Gasteiger partial charge in [0.1, 0.15) is 0 Å². The van der Waals surface area contributed by atoms with Crippen molar-refractivity contribution < 1.29 is 0 Å². The van der Waals surface area contributed by atoms with Crippen LogP contribution >= 0.6 is 0 Å². The molecule has 0 aliphatic rings. The van der Waals surface area contributed by atoms with Crippen LogP contribution in [0.4, 0.5) is 0 Å². The van der Waals surface area contributed by atoms with Crippen molar-refractivity contribution in [2.24, 2.45) is 0 Å². The van der Waals surface area contributed by atoms with E-state index in [2.05, 4.69) is 6.07 Å². The number of nitrogens with zero attached hydrogens (tertiary/aromatic N) is 1. The maximum atomic E-state index is 8.63. The van der Waals surface area contributed by atoms with Gasteiger partial charge in [-0.05, 0) is 37.1 Å². The van der Waals surface area contributed by atoms with Gasteiger partial charge in [-0.25, -0.2) is 0 Å². The second kappa shape index (κ2) is 4.38. The van der Waals surface area contributed by atoms with E-state index in [1.807, 2.05) is 26.0 Å². The summed E-state index contributed by atoms with van der Waals surface area (Å²) in [6, 6.07) is 9.33. The zero-order valence-corrected chi connectivity index (χ0v) is 8.33. The van der Waals surface area contributed by atoms with E-state index in [0.29, 0.717) is 5.56 Å². The summed E-state index contributed by atoms with van der Waals surface area (Å²) in [7, 11) is 0. The first-order valence-corrected chi connectivity index (χ1v) is 4.37. The topological polar surface area (TPSA) is 47.6 Å². The van der Waals surface area contributed by atoms with Gasteiger partial charge < -0.3 is 5.41 Å². The van der Waals surface area contributed by atoms with Crippen LogP contribution in [0.2, 0.25) is 0 Å². The molecule has 0 amide bonds. The third-order valence-corrected chi connectivity index (χ3v) is 2.01. The first-order chi connectivity index (χ1) is 6.69. The highest BCUT2D eigenvalue weighted by molar-refractivity contribution is 6.09. The van der Waals surface area contributed by atoms with E-state index in [1.165, 1.54) is 6.21 Å². The van der Waals surface area contributed by atoms with Crippen molar-refractivity contribution in [3.63, 3.8) is 0 Å². The monoisotopic (exact) mass is 184 g/mol. The van der Waals surface area contributed by atoms with E-state index in [9.17, 15) is 0 Å². The SMILES string of the molecule is CC(C)=C(C=N)c1ccc(C#N)cc1. The molecule has 1 aromatic carbocycles. The fourth-order valence-electron chi connectivity index (χ4n) is 1.24. The summed E-state index contributed by atoms with van der Waals surface area (Å²) in [5, 5.41) is 15.9. The molecule has 0 spiro atoms. The van der Waals surface area contributed by atoms with Crippen molar-refractivity contribution in [3.05, 3.63) is 41.0 Å². The zero-order valence-electron chi connectivity index (χ0n) is 8.33.